The van der Waals surface area contributed by atoms with Crippen LogP contribution >= 0.6 is 0 Å². The van der Waals surface area contributed by atoms with Crippen LogP contribution < -0.4 is 0 Å². The van der Waals surface area contributed by atoms with E-state index >= 15 is 0 Å². The van der Waals surface area contributed by atoms with Crippen molar-refractivity contribution in [3.63, 3.8) is 0 Å². The van der Waals surface area contributed by atoms with Gasteiger partial charge in [0.25, 0.3) is 0 Å². The molecule has 2 aliphatic rings. The molecule has 4 heteroatoms. The molecule has 1 saturated heterocycles. The average Bonchev–Trinajstić information content (AvgIpc) is 2.83. The van der Waals surface area contributed by atoms with Crippen LogP contribution in [0.15, 0.2) is 47.1 Å². The van der Waals surface area contributed by atoms with E-state index in [4.69, 9.17) is 9.47 Å². The van der Waals surface area contributed by atoms with E-state index in [2.05, 4.69) is 38.7 Å². The Kier molecular flexibility index (Phi) is 7.43. The smallest absolute Gasteiger partial charge is 0.334 e. The first-order valence-corrected chi connectivity index (χ1v) is 9.39. The largest absolute Gasteiger partial charge is 0.461 e. The number of fused-ring (bicyclic) bond motifs is 1. The molecule has 0 N–H and O–H groups in total. The van der Waals surface area contributed by atoms with Crippen molar-refractivity contribution in [1.82, 2.24) is 0 Å². The molecule has 1 unspecified atom stereocenters. The number of ether oxygens (including phenoxy) is 2. The van der Waals surface area contributed by atoms with Crippen molar-refractivity contribution in [2.24, 2.45) is 5.92 Å². The van der Waals surface area contributed by atoms with Crippen LogP contribution in [0.25, 0.3) is 0 Å². The molecule has 1 heterocycles. The fraction of sp³-hybridized carbons (Fsp3) is 0.545. The van der Waals surface area contributed by atoms with Gasteiger partial charge in [0.05, 0.1) is 0 Å². The van der Waals surface area contributed by atoms with Crippen molar-refractivity contribution in [2.75, 3.05) is 6.61 Å². The zero-order valence-electron chi connectivity index (χ0n) is 16.2. The fourth-order valence-corrected chi connectivity index (χ4v) is 3.42. The van der Waals surface area contributed by atoms with Crippen molar-refractivity contribution in [3.8, 4) is 0 Å². The zero-order chi connectivity index (χ0) is 19.1. The van der Waals surface area contributed by atoms with Crippen LogP contribution in [-0.2, 0) is 19.1 Å². The van der Waals surface area contributed by atoms with Crippen LogP contribution in [0, 0.1) is 5.92 Å². The Morgan fingerprint density at radius 1 is 1.19 bits per heavy atom. The highest BCUT2D eigenvalue weighted by atomic mass is 16.6. The van der Waals surface area contributed by atoms with Crippen molar-refractivity contribution in [1.29, 1.82) is 0 Å². The van der Waals surface area contributed by atoms with Crippen molar-refractivity contribution >= 4 is 11.9 Å². The number of allylic oxidation sites excluding steroid dienone is 4. The van der Waals surface area contributed by atoms with E-state index in [0.717, 1.165) is 37.7 Å². The summed E-state index contributed by atoms with van der Waals surface area (Å²) >= 11 is 0. The summed E-state index contributed by atoms with van der Waals surface area (Å²) in [7, 11) is 0. The van der Waals surface area contributed by atoms with E-state index in [1.165, 1.54) is 18.1 Å². The van der Waals surface area contributed by atoms with Gasteiger partial charge in [0.1, 0.15) is 12.7 Å². The number of carbonyl (C=O) groups is 2. The predicted octanol–water partition coefficient (Wildman–Crippen LogP) is 4.82. The number of esters is 2. The summed E-state index contributed by atoms with van der Waals surface area (Å²) in [5, 5.41) is 0. The van der Waals surface area contributed by atoms with Crippen molar-refractivity contribution < 1.29 is 19.1 Å². The Morgan fingerprint density at radius 2 is 1.88 bits per heavy atom. The van der Waals surface area contributed by atoms with Gasteiger partial charge in [-0.3, -0.25) is 4.79 Å². The lowest BCUT2D eigenvalue weighted by atomic mass is 9.88. The van der Waals surface area contributed by atoms with E-state index < -0.39 is 0 Å². The predicted molar refractivity (Wildman–Crippen MR) is 102 cm³/mol. The number of hydrogen-bond acceptors (Lipinski definition) is 4. The molecule has 0 saturated carbocycles. The lowest BCUT2D eigenvalue weighted by Crippen LogP contribution is -2.17. The molecule has 1 aliphatic carbocycles. The Bertz CT molecular complexity index is 651. The molecule has 2 atom stereocenters. The monoisotopic (exact) mass is 358 g/mol. The summed E-state index contributed by atoms with van der Waals surface area (Å²) in [4.78, 5) is 23.2. The minimum Gasteiger partial charge on any atom is -0.461 e. The maximum atomic E-state index is 12.0. The second-order valence-electron chi connectivity index (χ2n) is 7.34. The molecule has 1 aliphatic heterocycles. The number of carbonyl (C=O) groups excluding carboxylic acids is 2. The highest BCUT2D eigenvalue weighted by Gasteiger charge is 2.37. The van der Waals surface area contributed by atoms with Gasteiger partial charge in [-0.2, -0.15) is 0 Å². The lowest BCUT2D eigenvalue weighted by Gasteiger charge is -2.18. The topological polar surface area (TPSA) is 52.6 Å². The fourth-order valence-electron chi connectivity index (χ4n) is 3.42. The average molecular weight is 358 g/mol. The van der Waals surface area contributed by atoms with Crippen LogP contribution in [0.1, 0.15) is 59.3 Å². The summed E-state index contributed by atoms with van der Waals surface area (Å²) in [5.74, 6) is -0.581. The maximum Gasteiger partial charge on any atom is 0.334 e. The molecule has 1 fully saturated rings. The Balaban J connectivity index is 2.22. The third-order valence-electron chi connectivity index (χ3n) is 5.05. The molecule has 0 bridgehead atoms. The third kappa shape index (κ3) is 6.01. The normalized spacial score (nSPS) is 31.3. The third-order valence-corrected chi connectivity index (χ3v) is 5.05. The van der Waals surface area contributed by atoms with Gasteiger partial charge in [0.15, 0.2) is 0 Å². The quantitative estimate of drug-likeness (QED) is 0.403. The Morgan fingerprint density at radius 3 is 2.62 bits per heavy atom. The first-order valence-electron chi connectivity index (χ1n) is 9.39. The summed E-state index contributed by atoms with van der Waals surface area (Å²) < 4.78 is 10.8. The molecular formula is C22H30O4. The standard InChI is InChI=1S/C22H30O4/c1-15-7-5-9-16(2)13-21-20(17(3)22(24)26-21)12-11-19(10-6-8-15)14-25-18(4)23/h8-9,11,20-21H,3,5-7,10,12-14H2,1-2,4H3/b15-8+,16-9+,19-11-/t20-,21?/m0/s1. The van der Waals surface area contributed by atoms with E-state index in [9.17, 15) is 9.59 Å². The van der Waals surface area contributed by atoms with Gasteiger partial charge in [0, 0.05) is 24.8 Å². The lowest BCUT2D eigenvalue weighted by molar-refractivity contribution is -0.140. The summed E-state index contributed by atoms with van der Waals surface area (Å²) in [6.07, 6.45) is 11.7. The second-order valence-corrected chi connectivity index (χ2v) is 7.34. The van der Waals surface area contributed by atoms with Gasteiger partial charge in [-0.15, -0.1) is 0 Å². The minimum absolute atomic E-state index is 0.0154. The molecule has 0 aromatic heterocycles. The first-order chi connectivity index (χ1) is 12.4. The van der Waals surface area contributed by atoms with Crippen molar-refractivity contribution in [2.45, 2.75) is 65.4 Å². The van der Waals surface area contributed by atoms with E-state index in [0.29, 0.717) is 18.6 Å². The Hall–Kier alpha value is -2.10. The molecule has 0 aromatic carbocycles. The molecule has 26 heavy (non-hydrogen) atoms. The highest BCUT2D eigenvalue weighted by Crippen LogP contribution is 2.34. The van der Waals surface area contributed by atoms with Gasteiger partial charge >= 0.3 is 11.9 Å². The Labute approximate surface area is 156 Å². The zero-order valence-corrected chi connectivity index (χ0v) is 16.2. The molecule has 0 radical (unpaired) electrons. The number of rotatable bonds is 2. The molecule has 2 rings (SSSR count). The molecule has 0 aromatic rings. The molecule has 0 amide bonds. The van der Waals surface area contributed by atoms with Crippen LogP contribution in [0.3, 0.4) is 0 Å². The van der Waals surface area contributed by atoms with Gasteiger partial charge in [-0.25, -0.2) is 4.79 Å². The SMILES string of the molecule is C=C1C(=O)OC2C/C(C)=C/CC/C(C)=C/CC/C(COC(C)=O)=C/C[C@@H]12. The maximum absolute atomic E-state index is 12.0. The number of hydrogen-bond donors (Lipinski definition) is 0. The van der Waals surface area contributed by atoms with E-state index in [1.807, 2.05) is 0 Å². The molecule has 142 valence electrons. The van der Waals surface area contributed by atoms with E-state index in [1.54, 1.807) is 0 Å². The summed E-state index contributed by atoms with van der Waals surface area (Å²) in [5.41, 5.74) is 4.25. The summed E-state index contributed by atoms with van der Waals surface area (Å²) in [6.45, 7) is 9.92. The van der Waals surface area contributed by atoms with Gasteiger partial charge < -0.3 is 9.47 Å². The van der Waals surface area contributed by atoms with Crippen LogP contribution in [0.2, 0.25) is 0 Å². The van der Waals surface area contributed by atoms with Gasteiger partial charge in [-0.05, 0) is 51.5 Å². The van der Waals surface area contributed by atoms with Crippen molar-refractivity contribution in [3.05, 3.63) is 47.1 Å². The highest BCUT2D eigenvalue weighted by molar-refractivity contribution is 5.90. The molecular weight excluding hydrogens is 328 g/mol. The van der Waals surface area contributed by atoms with Crippen LogP contribution in [0.5, 0.6) is 0 Å². The van der Waals surface area contributed by atoms with Crippen LogP contribution in [0.4, 0.5) is 0 Å². The molecule has 0 spiro atoms. The van der Waals surface area contributed by atoms with Gasteiger partial charge in [-0.1, -0.05) is 36.0 Å². The van der Waals surface area contributed by atoms with E-state index in [-0.39, 0.29) is 24.0 Å². The minimum atomic E-state index is -0.287. The first kappa shape index (κ1) is 20.2. The van der Waals surface area contributed by atoms with Gasteiger partial charge in [0.2, 0.25) is 0 Å². The van der Waals surface area contributed by atoms with Crippen LogP contribution in [-0.4, -0.2) is 24.6 Å². The second kappa shape index (κ2) is 9.56. The summed E-state index contributed by atoms with van der Waals surface area (Å²) in [6, 6.07) is 0. The molecule has 4 nitrogen and oxygen atoms in total.